The van der Waals surface area contributed by atoms with E-state index in [1.54, 1.807) is 12.1 Å². The molecule has 0 spiro atoms. The van der Waals surface area contributed by atoms with E-state index in [4.69, 9.17) is 5.73 Å². The lowest BCUT2D eigenvalue weighted by molar-refractivity contribution is -0.384. The molecule has 0 aromatic heterocycles. The maximum Gasteiger partial charge on any atom is 0.269 e. The zero-order valence-corrected chi connectivity index (χ0v) is 13.6. The van der Waals surface area contributed by atoms with Gasteiger partial charge in [0.25, 0.3) is 5.69 Å². The molecule has 23 heavy (non-hydrogen) atoms. The largest absolute Gasteiger partial charge is 0.355 e. The summed E-state index contributed by atoms with van der Waals surface area (Å²) in [5, 5.41) is 13.6. The van der Waals surface area contributed by atoms with Crippen LogP contribution in [-0.2, 0) is 11.2 Å². The van der Waals surface area contributed by atoms with E-state index >= 15 is 0 Å². The Hall–Kier alpha value is -1.66. The lowest BCUT2D eigenvalue weighted by Gasteiger charge is -2.27. The van der Waals surface area contributed by atoms with Crippen molar-refractivity contribution in [3.05, 3.63) is 39.9 Å². The lowest BCUT2D eigenvalue weighted by atomic mass is 9.84. The molecule has 6 nitrogen and oxygen atoms in total. The minimum absolute atomic E-state index is 0. The minimum Gasteiger partial charge on any atom is -0.355 e. The molecule has 0 saturated heterocycles. The van der Waals surface area contributed by atoms with E-state index in [0.717, 1.165) is 18.4 Å². The topological polar surface area (TPSA) is 98.3 Å². The Bertz CT molecular complexity index is 576. The number of amides is 1. The lowest BCUT2D eigenvalue weighted by Crippen LogP contribution is -2.45. The highest BCUT2D eigenvalue weighted by Gasteiger charge is 2.48. The standard InChI is InChI=1S/C16H21N3O3.ClH/c17-15-12-4-3-11(9-12)14(15)16(20)18-8-7-10-1-5-13(6-2-10)19(21)22;/h1-2,5-6,11-12,14-15H,3-4,7-9,17H2,(H,18,20);1H. The van der Waals surface area contributed by atoms with E-state index in [1.165, 1.54) is 18.6 Å². The Morgan fingerprint density at radius 1 is 1.26 bits per heavy atom. The van der Waals surface area contributed by atoms with Crippen LogP contribution in [0.25, 0.3) is 0 Å². The molecule has 1 aromatic rings. The number of halogens is 1. The fraction of sp³-hybridized carbons (Fsp3) is 0.562. The van der Waals surface area contributed by atoms with Crippen LogP contribution in [0.2, 0.25) is 0 Å². The van der Waals surface area contributed by atoms with E-state index in [1.807, 2.05) is 0 Å². The smallest absolute Gasteiger partial charge is 0.269 e. The van der Waals surface area contributed by atoms with Gasteiger partial charge in [-0.15, -0.1) is 12.4 Å². The number of hydrogen-bond acceptors (Lipinski definition) is 4. The monoisotopic (exact) mass is 339 g/mol. The highest BCUT2D eigenvalue weighted by Crippen LogP contribution is 2.47. The van der Waals surface area contributed by atoms with Gasteiger partial charge in [0.1, 0.15) is 0 Å². The van der Waals surface area contributed by atoms with Gasteiger partial charge in [-0.05, 0) is 43.1 Å². The Balaban J connectivity index is 0.00000192. The van der Waals surface area contributed by atoms with Crippen molar-refractivity contribution in [3.8, 4) is 0 Å². The van der Waals surface area contributed by atoms with Crippen LogP contribution >= 0.6 is 12.4 Å². The van der Waals surface area contributed by atoms with Crippen molar-refractivity contribution < 1.29 is 9.72 Å². The van der Waals surface area contributed by atoms with Crippen molar-refractivity contribution in [2.24, 2.45) is 23.5 Å². The van der Waals surface area contributed by atoms with Gasteiger partial charge in [0.05, 0.1) is 10.8 Å². The molecule has 0 aliphatic heterocycles. The molecule has 1 amide bonds. The van der Waals surface area contributed by atoms with Gasteiger partial charge in [0.15, 0.2) is 0 Å². The summed E-state index contributed by atoms with van der Waals surface area (Å²) >= 11 is 0. The predicted octanol–water partition coefficient (Wildman–Crippen LogP) is 2.05. The number of hydrogen-bond donors (Lipinski definition) is 2. The molecule has 7 heteroatoms. The Labute approximate surface area is 141 Å². The normalized spacial score (nSPS) is 28.2. The van der Waals surface area contributed by atoms with Gasteiger partial charge in [0, 0.05) is 24.7 Å². The third-order valence-corrected chi connectivity index (χ3v) is 5.14. The zero-order valence-electron chi connectivity index (χ0n) is 12.8. The van der Waals surface area contributed by atoms with Gasteiger partial charge in [-0.2, -0.15) is 0 Å². The molecule has 3 N–H and O–H groups in total. The van der Waals surface area contributed by atoms with Crippen molar-refractivity contribution in [2.75, 3.05) is 6.54 Å². The van der Waals surface area contributed by atoms with E-state index in [9.17, 15) is 14.9 Å². The highest BCUT2D eigenvalue weighted by molar-refractivity contribution is 5.85. The number of fused-ring (bicyclic) bond motifs is 2. The molecule has 2 saturated carbocycles. The van der Waals surface area contributed by atoms with Crippen LogP contribution in [0.1, 0.15) is 24.8 Å². The quantitative estimate of drug-likeness (QED) is 0.633. The number of benzene rings is 1. The van der Waals surface area contributed by atoms with E-state index in [-0.39, 0.29) is 36.0 Å². The van der Waals surface area contributed by atoms with Crippen molar-refractivity contribution in [1.82, 2.24) is 5.32 Å². The molecule has 2 aliphatic carbocycles. The summed E-state index contributed by atoms with van der Waals surface area (Å²) in [7, 11) is 0. The summed E-state index contributed by atoms with van der Waals surface area (Å²) in [6.07, 6.45) is 4.05. The van der Waals surface area contributed by atoms with Gasteiger partial charge in [-0.1, -0.05) is 12.1 Å². The number of nitro benzene ring substituents is 1. The number of nitrogens with two attached hydrogens (primary N) is 1. The third kappa shape index (κ3) is 3.64. The second kappa shape index (κ2) is 7.27. The molecule has 3 rings (SSSR count). The molecule has 0 heterocycles. The van der Waals surface area contributed by atoms with Gasteiger partial charge in [-0.3, -0.25) is 14.9 Å². The first-order valence-corrected chi connectivity index (χ1v) is 7.83. The molecule has 0 radical (unpaired) electrons. The Morgan fingerprint density at radius 2 is 1.91 bits per heavy atom. The summed E-state index contributed by atoms with van der Waals surface area (Å²) in [6.45, 7) is 0.539. The summed E-state index contributed by atoms with van der Waals surface area (Å²) < 4.78 is 0. The fourth-order valence-electron chi connectivity index (χ4n) is 3.96. The molecule has 2 fully saturated rings. The maximum atomic E-state index is 12.3. The first kappa shape index (κ1) is 17.7. The van der Waals surface area contributed by atoms with Crippen LogP contribution in [0.3, 0.4) is 0 Å². The van der Waals surface area contributed by atoms with Crippen molar-refractivity contribution >= 4 is 24.0 Å². The van der Waals surface area contributed by atoms with E-state index < -0.39 is 4.92 Å². The van der Waals surface area contributed by atoms with Crippen molar-refractivity contribution in [2.45, 2.75) is 31.7 Å². The van der Waals surface area contributed by atoms with Crippen LogP contribution in [-0.4, -0.2) is 23.4 Å². The van der Waals surface area contributed by atoms with E-state index in [2.05, 4.69) is 5.32 Å². The molecule has 2 aliphatic rings. The van der Waals surface area contributed by atoms with Crippen LogP contribution < -0.4 is 11.1 Å². The molecule has 2 bridgehead atoms. The molecule has 1 aromatic carbocycles. The Morgan fingerprint density at radius 3 is 2.48 bits per heavy atom. The van der Waals surface area contributed by atoms with Crippen LogP contribution in [0.4, 0.5) is 5.69 Å². The second-order valence-electron chi connectivity index (χ2n) is 6.40. The maximum absolute atomic E-state index is 12.3. The number of carbonyl (C=O) groups is 1. The third-order valence-electron chi connectivity index (χ3n) is 5.14. The predicted molar refractivity (Wildman–Crippen MR) is 89.4 cm³/mol. The van der Waals surface area contributed by atoms with E-state index in [0.29, 0.717) is 24.8 Å². The average molecular weight is 340 g/mol. The van der Waals surface area contributed by atoms with Crippen LogP contribution in [0.15, 0.2) is 24.3 Å². The first-order valence-electron chi connectivity index (χ1n) is 7.83. The highest BCUT2D eigenvalue weighted by atomic mass is 35.5. The van der Waals surface area contributed by atoms with Gasteiger partial charge < -0.3 is 11.1 Å². The van der Waals surface area contributed by atoms with Crippen molar-refractivity contribution in [1.29, 1.82) is 0 Å². The van der Waals surface area contributed by atoms with Gasteiger partial charge in [0.2, 0.25) is 5.91 Å². The number of nitro groups is 1. The van der Waals surface area contributed by atoms with Crippen molar-refractivity contribution in [3.63, 3.8) is 0 Å². The summed E-state index contributed by atoms with van der Waals surface area (Å²) in [6, 6.07) is 6.45. The van der Waals surface area contributed by atoms with Gasteiger partial charge in [-0.25, -0.2) is 0 Å². The fourth-order valence-corrected chi connectivity index (χ4v) is 3.96. The summed E-state index contributed by atoms with van der Waals surface area (Å²) in [4.78, 5) is 22.5. The molecular formula is C16H22ClN3O3. The van der Waals surface area contributed by atoms with Crippen LogP contribution in [0.5, 0.6) is 0 Å². The number of non-ortho nitro benzene ring substituents is 1. The second-order valence-corrected chi connectivity index (χ2v) is 6.40. The number of carbonyl (C=O) groups excluding carboxylic acids is 1. The number of nitrogens with zero attached hydrogens (tertiary/aromatic N) is 1. The first-order chi connectivity index (χ1) is 10.6. The zero-order chi connectivity index (χ0) is 15.7. The minimum atomic E-state index is -0.415. The summed E-state index contributed by atoms with van der Waals surface area (Å²) in [5.74, 6) is 1.02. The van der Waals surface area contributed by atoms with Crippen LogP contribution in [0, 0.1) is 27.9 Å². The summed E-state index contributed by atoms with van der Waals surface area (Å²) in [5.41, 5.74) is 7.23. The Kier molecular flexibility index (Phi) is 5.59. The molecule has 126 valence electrons. The average Bonchev–Trinajstić information content (AvgIpc) is 3.08. The molecule has 4 unspecified atom stereocenters. The molecule has 4 atom stereocenters. The number of rotatable bonds is 5. The number of nitrogens with one attached hydrogen (secondary N) is 1. The molecular weight excluding hydrogens is 318 g/mol. The van der Waals surface area contributed by atoms with Gasteiger partial charge >= 0.3 is 0 Å². The SMILES string of the molecule is Cl.NC1C2CCC(C2)C1C(=O)NCCc1ccc([N+](=O)[O-])cc1.